The van der Waals surface area contributed by atoms with E-state index in [4.69, 9.17) is 0 Å². The Hall–Kier alpha value is -2.76. The van der Waals surface area contributed by atoms with E-state index in [2.05, 4.69) is 15.3 Å². The monoisotopic (exact) mass is 353 g/mol. The van der Waals surface area contributed by atoms with E-state index >= 15 is 0 Å². The number of carbonyl (C=O) groups is 2. The number of nitrogens with one attached hydrogen (secondary N) is 1. The lowest BCUT2D eigenvalue weighted by Gasteiger charge is -2.26. The molecule has 1 amide bonds. The van der Waals surface area contributed by atoms with E-state index in [0.29, 0.717) is 11.5 Å². The fourth-order valence-electron chi connectivity index (χ4n) is 3.78. The highest BCUT2D eigenvalue weighted by molar-refractivity contribution is 5.92. The zero-order valence-electron chi connectivity index (χ0n) is 14.9. The van der Waals surface area contributed by atoms with Crippen LogP contribution < -0.4 is 5.32 Å². The number of hydrogen-bond acceptors (Lipinski definition) is 4. The van der Waals surface area contributed by atoms with Crippen molar-refractivity contribution in [2.75, 3.05) is 5.32 Å². The molecule has 0 bridgehead atoms. The van der Waals surface area contributed by atoms with Gasteiger partial charge in [0, 0.05) is 23.9 Å². The molecule has 1 aliphatic carbocycles. The lowest BCUT2D eigenvalue weighted by atomic mass is 9.79. The topological polar surface area (TPSA) is 92.2 Å². The molecule has 2 N–H and O–H groups in total. The molecule has 0 saturated heterocycles. The fourth-order valence-corrected chi connectivity index (χ4v) is 3.78. The standard InChI is InChI=1S/C20H23N3O3/c1-14-21-10-7-17(22-14)15-5-4-6-16(11-15)23-18(24)12-20(13-19(25)26)8-2-3-9-20/h4-7,10-11H,2-3,8-9,12-13H2,1H3,(H,23,24)(H,25,26). The summed E-state index contributed by atoms with van der Waals surface area (Å²) in [6.45, 7) is 1.83. The Bertz CT molecular complexity index is 813. The van der Waals surface area contributed by atoms with Gasteiger partial charge < -0.3 is 10.4 Å². The number of carboxylic acid groups (broad SMARTS) is 1. The number of amides is 1. The van der Waals surface area contributed by atoms with Gasteiger partial charge in [-0.25, -0.2) is 9.97 Å². The van der Waals surface area contributed by atoms with Gasteiger partial charge in [0.1, 0.15) is 5.82 Å². The van der Waals surface area contributed by atoms with Crippen LogP contribution in [0, 0.1) is 12.3 Å². The van der Waals surface area contributed by atoms with Crippen molar-refractivity contribution >= 4 is 17.6 Å². The van der Waals surface area contributed by atoms with Crippen LogP contribution in [-0.4, -0.2) is 27.0 Å². The average molecular weight is 353 g/mol. The number of carbonyl (C=O) groups excluding carboxylic acids is 1. The van der Waals surface area contributed by atoms with E-state index in [9.17, 15) is 14.7 Å². The summed E-state index contributed by atoms with van der Waals surface area (Å²) in [6, 6.07) is 9.33. The van der Waals surface area contributed by atoms with E-state index in [1.165, 1.54) is 0 Å². The molecule has 6 heteroatoms. The van der Waals surface area contributed by atoms with Crippen LogP contribution in [0.3, 0.4) is 0 Å². The van der Waals surface area contributed by atoms with Crippen molar-refractivity contribution in [1.82, 2.24) is 9.97 Å². The van der Waals surface area contributed by atoms with Crippen molar-refractivity contribution < 1.29 is 14.7 Å². The van der Waals surface area contributed by atoms with Gasteiger partial charge in [0.05, 0.1) is 12.1 Å². The summed E-state index contributed by atoms with van der Waals surface area (Å²) >= 11 is 0. The van der Waals surface area contributed by atoms with Crippen LogP contribution in [0.2, 0.25) is 0 Å². The van der Waals surface area contributed by atoms with Crippen molar-refractivity contribution in [1.29, 1.82) is 0 Å². The van der Waals surface area contributed by atoms with E-state index in [-0.39, 0.29) is 18.7 Å². The molecule has 1 saturated carbocycles. The molecular weight excluding hydrogens is 330 g/mol. The highest BCUT2D eigenvalue weighted by atomic mass is 16.4. The summed E-state index contributed by atoms with van der Waals surface area (Å²) in [5.74, 6) is -0.279. The Morgan fingerprint density at radius 1 is 1.19 bits per heavy atom. The molecule has 1 fully saturated rings. The van der Waals surface area contributed by atoms with Gasteiger partial charge in [0.25, 0.3) is 0 Å². The Morgan fingerprint density at radius 2 is 1.96 bits per heavy atom. The predicted octanol–water partition coefficient (Wildman–Crippen LogP) is 3.82. The molecule has 136 valence electrons. The Balaban J connectivity index is 1.71. The fraction of sp³-hybridized carbons (Fsp3) is 0.400. The quantitative estimate of drug-likeness (QED) is 0.824. The first-order chi connectivity index (χ1) is 12.5. The minimum atomic E-state index is -0.833. The van der Waals surface area contributed by atoms with Crippen molar-refractivity contribution in [3.63, 3.8) is 0 Å². The molecule has 0 aliphatic heterocycles. The van der Waals surface area contributed by atoms with Crippen LogP contribution in [0.15, 0.2) is 36.5 Å². The maximum atomic E-state index is 12.5. The van der Waals surface area contributed by atoms with Gasteiger partial charge in [0.15, 0.2) is 0 Å². The highest BCUT2D eigenvalue weighted by Crippen LogP contribution is 2.44. The first-order valence-corrected chi connectivity index (χ1v) is 8.88. The molecule has 0 atom stereocenters. The number of aliphatic carboxylic acids is 1. The van der Waals surface area contributed by atoms with Gasteiger partial charge in [-0.1, -0.05) is 25.0 Å². The van der Waals surface area contributed by atoms with Gasteiger partial charge in [0.2, 0.25) is 5.91 Å². The second-order valence-electron chi connectivity index (χ2n) is 7.07. The van der Waals surface area contributed by atoms with Crippen LogP contribution in [0.25, 0.3) is 11.3 Å². The van der Waals surface area contributed by atoms with Crippen molar-refractivity contribution in [3.05, 3.63) is 42.4 Å². The van der Waals surface area contributed by atoms with Crippen LogP contribution in [0.1, 0.15) is 44.3 Å². The number of hydrogen-bond donors (Lipinski definition) is 2. The van der Waals surface area contributed by atoms with Crippen molar-refractivity contribution in [2.45, 2.75) is 45.4 Å². The maximum absolute atomic E-state index is 12.5. The number of carboxylic acids is 1. The summed E-state index contributed by atoms with van der Waals surface area (Å²) < 4.78 is 0. The second kappa shape index (κ2) is 7.64. The molecule has 1 aromatic heterocycles. The number of rotatable bonds is 6. The first-order valence-electron chi connectivity index (χ1n) is 8.88. The van der Waals surface area contributed by atoms with Gasteiger partial charge in [-0.15, -0.1) is 0 Å². The summed E-state index contributed by atoms with van der Waals surface area (Å²) in [6.07, 6.45) is 5.58. The zero-order valence-corrected chi connectivity index (χ0v) is 14.9. The van der Waals surface area contributed by atoms with Crippen LogP contribution >= 0.6 is 0 Å². The van der Waals surface area contributed by atoms with Gasteiger partial charge in [-0.2, -0.15) is 0 Å². The molecule has 1 aromatic carbocycles. The van der Waals surface area contributed by atoms with Crippen LogP contribution in [0.4, 0.5) is 5.69 Å². The summed E-state index contributed by atoms with van der Waals surface area (Å²) in [5.41, 5.74) is 1.98. The third-order valence-corrected chi connectivity index (χ3v) is 4.94. The number of anilines is 1. The van der Waals surface area contributed by atoms with Gasteiger partial charge in [-0.3, -0.25) is 9.59 Å². The largest absolute Gasteiger partial charge is 0.481 e. The molecule has 1 heterocycles. The summed E-state index contributed by atoms with van der Waals surface area (Å²) in [5, 5.41) is 12.1. The molecule has 26 heavy (non-hydrogen) atoms. The van der Waals surface area contributed by atoms with E-state index in [0.717, 1.165) is 36.9 Å². The van der Waals surface area contributed by atoms with E-state index in [1.54, 1.807) is 6.20 Å². The number of aryl methyl sites for hydroxylation is 1. The third-order valence-electron chi connectivity index (χ3n) is 4.94. The second-order valence-corrected chi connectivity index (χ2v) is 7.07. The maximum Gasteiger partial charge on any atom is 0.303 e. The summed E-state index contributed by atoms with van der Waals surface area (Å²) in [7, 11) is 0. The van der Waals surface area contributed by atoms with E-state index in [1.807, 2.05) is 37.3 Å². The van der Waals surface area contributed by atoms with Crippen LogP contribution in [0.5, 0.6) is 0 Å². The first kappa shape index (κ1) is 18.0. The molecule has 2 aromatic rings. The average Bonchev–Trinajstić information content (AvgIpc) is 3.02. The molecule has 0 unspecified atom stereocenters. The molecule has 0 spiro atoms. The van der Waals surface area contributed by atoms with Gasteiger partial charge in [-0.05, 0) is 43.4 Å². The molecule has 3 rings (SSSR count). The number of aromatic nitrogens is 2. The minimum absolute atomic E-state index is 0.0562. The number of benzene rings is 1. The molecular formula is C20H23N3O3. The third kappa shape index (κ3) is 4.45. The minimum Gasteiger partial charge on any atom is -0.481 e. The van der Waals surface area contributed by atoms with Crippen LogP contribution in [-0.2, 0) is 9.59 Å². The Morgan fingerprint density at radius 3 is 2.65 bits per heavy atom. The zero-order chi connectivity index (χ0) is 18.6. The Labute approximate surface area is 152 Å². The molecule has 6 nitrogen and oxygen atoms in total. The van der Waals surface area contributed by atoms with E-state index < -0.39 is 11.4 Å². The van der Waals surface area contributed by atoms with Gasteiger partial charge >= 0.3 is 5.97 Å². The van der Waals surface area contributed by atoms with Crippen molar-refractivity contribution in [2.24, 2.45) is 5.41 Å². The Kier molecular flexibility index (Phi) is 5.30. The molecule has 1 aliphatic rings. The lowest BCUT2D eigenvalue weighted by molar-refractivity contribution is -0.140. The summed E-state index contributed by atoms with van der Waals surface area (Å²) in [4.78, 5) is 32.2. The SMILES string of the molecule is Cc1nccc(-c2cccc(NC(=O)CC3(CC(=O)O)CCCC3)c2)n1. The van der Waals surface area contributed by atoms with Crippen molar-refractivity contribution in [3.8, 4) is 11.3 Å². The highest BCUT2D eigenvalue weighted by Gasteiger charge is 2.37. The normalized spacial score (nSPS) is 15.6. The lowest BCUT2D eigenvalue weighted by Crippen LogP contribution is -2.27. The molecule has 0 radical (unpaired) electrons. The predicted molar refractivity (Wildman–Crippen MR) is 98.6 cm³/mol. The smallest absolute Gasteiger partial charge is 0.303 e. The number of nitrogens with zero attached hydrogens (tertiary/aromatic N) is 2.